The molecule has 1 fully saturated rings. The summed E-state index contributed by atoms with van der Waals surface area (Å²) in [6.45, 7) is 5.69. The van der Waals surface area contributed by atoms with Crippen molar-refractivity contribution < 1.29 is 4.79 Å². The van der Waals surface area contributed by atoms with Crippen molar-refractivity contribution in [2.24, 2.45) is 0 Å². The number of aromatic nitrogens is 3. The number of pyridine rings is 1. The number of piperazine rings is 1. The zero-order valence-electron chi connectivity index (χ0n) is 19.6. The lowest BCUT2D eigenvalue weighted by molar-refractivity contribution is -0.117. The van der Waals surface area contributed by atoms with E-state index in [1.807, 2.05) is 48.8 Å². The highest BCUT2D eigenvalue weighted by Gasteiger charge is 2.23. The topological polar surface area (TPSA) is 74.2 Å². The summed E-state index contributed by atoms with van der Waals surface area (Å²) in [6, 6.07) is 20.1. The highest BCUT2D eigenvalue weighted by atomic mass is 79.9. The van der Waals surface area contributed by atoms with Crippen molar-refractivity contribution in [3.8, 4) is 0 Å². The van der Waals surface area contributed by atoms with Crippen molar-refractivity contribution in [3.05, 3.63) is 88.8 Å². The highest BCUT2D eigenvalue weighted by molar-refractivity contribution is 9.10. The summed E-state index contributed by atoms with van der Waals surface area (Å²) in [5.74, 6) is 1.02. The molecule has 2 aromatic heterocycles. The molecule has 0 radical (unpaired) electrons. The summed E-state index contributed by atoms with van der Waals surface area (Å²) in [5, 5.41) is 14.6. The van der Waals surface area contributed by atoms with Crippen LogP contribution in [-0.4, -0.2) is 58.7 Å². The maximum Gasteiger partial charge on any atom is 0.238 e. The van der Waals surface area contributed by atoms with Crippen LogP contribution in [0.5, 0.6) is 0 Å². The van der Waals surface area contributed by atoms with Gasteiger partial charge in [0, 0.05) is 65.4 Å². The van der Waals surface area contributed by atoms with Crippen molar-refractivity contribution in [1.29, 1.82) is 0 Å². The van der Waals surface area contributed by atoms with Crippen LogP contribution in [0.2, 0.25) is 0 Å². The molecule has 1 amide bonds. The second kappa shape index (κ2) is 10.5. The first-order chi connectivity index (χ1) is 17.1. The predicted molar refractivity (Wildman–Crippen MR) is 143 cm³/mol. The van der Waals surface area contributed by atoms with Crippen LogP contribution in [0.3, 0.4) is 0 Å². The summed E-state index contributed by atoms with van der Waals surface area (Å²) in [6.07, 6.45) is 3.63. The summed E-state index contributed by atoms with van der Waals surface area (Å²) in [7, 11) is 0. The van der Waals surface area contributed by atoms with Crippen molar-refractivity contribution in [3.63, 3.8) is 0 Å². The molecule has 0 bridgehead atoms. The van der Waals surface area contributed by atoms with Gasteiger partial charge in [0.25, 0.3) is 0 Å². The number of carbonyl (C=O) groups is 1. The Kier molecular flexibility index (Phi) is 7.01. The first kappa shape index (κ1) is 23.4. The Labute approximate surface area is 213 Å². The van der Waals surface area contributed by atoms with Crippen LogP contribution in [0.25, 0.3) is 10.8 Å². The van der Waals surface area contributed by atoms with Gasteiger partial charge in [0.1, 0.15) is 0 Å². The Hall–Kier alpha value is -3.36. The molecule has 3 heterocycles. The third kappa shape index (κ3) is 5.33. The van der Waals surface area contributed by atoms with E-state index in [4.69, 9.17) is 0 Å². The van der Waals surface area contributed by atoms with Crippen molar-refractivity contribution in [2.45, 2.75) is 12.8 Å². The number of benzene rings is 2. The van der Waals surface area contributed by atoms with E-state index >= 15 is 0 Å². The lowest BCUT2D eigenvalue weighted by atomic mass is 9.95. The monoisotopic (exact) mass is 530 g/mol. The number of nitrogens with one attached hydrogen (secondary N) is 1. The van der Waals surface area contributed by atoms with Gasteiger partial charge in [0.15, 0.2) is 5.82 Å². The van der Waals surface area contributed by atoms with Crippen LogP contribution >= 0.6 is 15.9 Å². The zero-order chi connectivity index (χ0) is 24.2. The highest BCUT2D eigenvalue weighted by Crippen LogP contribution is 2.32. The quantitative estimate of drug-likeness (QED) is 0.389. The number of nitrogens with zero attached hydrogens (tertiary/aromatic N) is 5. The van der Waals surface area contributed by atoms with E-state index in [2.05, 4.69) is 77.4 Å². The van der Waals surface area contributed by atoms with E-state index in [9.17, 15) is 4.79 Å². The molecule has 178 valence electrons. The van der Waals surface area contributed by atoms with E-state index < -0.39 is 0 Å². The largest absolute Gasteiger partial charge is 0.352 e. The molecule has 1 unspecified atom stereocenters. The summed E-state index contributed by atoms with van der Waals surface area (Å²) < 4.78 is 0.943. The minimum absolute atomic E-state index is 0.00348. The van der Waals surface area contributed by atoms with Gasteiger partial charge < -0.3 is 10.2 Å². The Morgan fingerprint density at radius 1 is 0.971 bits per heavy atom. The van der Waals surface area contributed by atoms with E-state index in [-0.39, 0.29) is 11.8 Å². The maximum absolute atomic E-state index is 12.5. The number of amides is 1. The van der Waals surface area contributed by atoms with Crippen LogP contribution in [0.1, 0.15) is 24.1 Å². The molecule has 35 heavy (non-hydrogen) atoms. The summed E-state index contributed by atoms with van der Waals surface area (Å²) >= 11 is 3.44. The number of halogens is 1. The standard InChI is InChI=1S/C27H27BrN6O/c1-19(20-9-11-29-12-10-20)26-23-7-2-3-8-24(23)27(32-31-26)34-15-13-33(14-16-34)18-25(35)30-22-6-4-5-21(28)17-22/h2-12,17,19H,13-16,18H2,1H3,(H,30,35). The van der Waals surface area contributed by atoms with E-state index in [0.29, 0.717) is 6.54 Å². The molecular weight excluding hydrogens is 504 g/mol. The lowest BCUT2D eigenvalue weighted by Gasteiger charge is -2.35. The first-order valence-corrected chi connectivity index (χ1v) is 12.6. The molecule has 1 atom stereocenters. The van der Waals surface area contributed by atoms with Crippen LogP contribution < -0.4 is 10.2 Å². The fourth-order valence-electron chi connectivity index (χ4n) is 4.56. The molecule has 1 aliphatic rings. The van der Waals surface area contributed by atoms with E-state index in [1.165, 1.54) is 5.56 Å². The van der Waals surface area contributed by atoms with Gasteiger partial charge in [-0.15, -0.1) is 5.10 Å². The third-order valence-electron chi connectivity index (χ3n) is 6.46. The van der Waals surface area contributed by atoms with Crippen LogP contribution in [0, 0.1) is 0 Å². The molecule has 2 aromatic carbocycles. The van der Waals surface area contributed by atoms with Gasteiger partial charge in [-0.25, -0.2) is 0 Å². The average molecular weight is 531 g/mol. The average Bonchev–Trinajstić information content (AvgIpc) is 2.89. The second-order valence-electron chi connectivity index (χ2n) is 8.78. The maximum atomic E-state index is 12.5. The Morgan fingerprint density at radius 3 is 2.46 bits per heavy atom. The number of fused-ring (bicyclic) bond motifs is 1. The summed E-state index contributed by atoms with van der Waals surface area (Å²) in [4.78, 5) is 21.1. The molecule has 1 saturated heterocycles. The summed E-state index contributed by atoms with van der Waals surface area (Å²) in [5.41, 5.74) is 2.94. The van der Waals surface area contributed by atoms with Crippen molar-refractivity contribution >= 4 is 44.1 Å². The molecule has 0 aliphatic carbocycles. The third-order valence-corrected chi connectivity index (χ3v) is 6.95. The van der Waals surface area contributed by atoms with E-state index in [1.54, 1.807) is 0 Å². The van der Waals surface area contributed by atoms with Gasteiger partial charge in [-0.2, -0.15) is 5.10 Å². The Balaban J connectivity index is 1.27. The minimum atomic E-state index is -0.00348. The Bertz CT molecular complexity index is 1320. The molecule has 0 spiro atoms. The smallest absolute Gasteiger partial charge is 0.238 e. The van der Waals surface area contributed by atoms with Gasteiger partial charge >= 0.3 is 0 Å². The molecule has 8 heteroatoms. The lowest BCUT2D eigenvalue weighted by Crippen LogP contribution is -2.49. The fourth-order valence-corrected chi connectivity index (χ4v) is 4.96. The van der Waals surface area contributed by atoms with Gasteiger partial charge in [-0.1, -0.05) is 53.2 Å². The van der Waals surface area contributed by atoms with Crippen LogP contribution in [0.15, 0.2) is 77.5 Å². The van der Waals surface area contributed by atoms with Gasteiger partial charge in [-0.05, 0) is 35.9 Å². The molecule has 7 nitrogen and oxygen atoms in total. The second-order valence-corrected chi connectivity index (χ2v) is 9.69. The first-order valence-electron chi connectivity index (χ1n) is 11.8. The fraction of sp³-hybridized carbons (Fsp3) is 0.259. The number of carbonyl (C=O) groups excluding carboxylic acids is 1. The normalized spacial score (nSPS) is 15.2. The molecule has 1 aliphatic heterocycles. The number of anilines is 2. The predicted octanol–water partition coefficient (Wildman–Crippen LogP) is 4.70. The van der Waals surface area contributed by atoms with E-state index in [0.717, 1.165) is 58.6 Å². The molecular formula is C27H27BrN6O. The van der Waals surface area contributed by atoms with Gasteiger partial charge in [0.05, 0.1) is 12.2 Å². The van der Waals surface area contributed by atoms with Gasteiger partial charge in [-0.3, -0.25) is 14.7 Å². The van der Waals surface area contributed by atoms with Crippen molar-refractivity contribution in [1.82, 2.24) is 20.1 Å². The molecule has 4 aromatic rings. The SMILES string of the molecule is CC(c1ccncc1)c1nnc(N2CCN(CC(=O)Nc3cccc(Br)c3)CC2)c2ccccc12. The van der Waals surface area contributed by atoms with Crippen LogP contribution in [0.4, 0.5) is 11.5 Å². The molecule has 1 N–H and O–H groups in total. The zero-order valence-corrected chi connectivity index (χ0v) is 21.1. The Morgan fingerprint density at radius 2 is 1.71 bits per heavy atom. The minimum Gasteiger partial charge on any atom is -0.352 e. The number of rotatable bonds is 6. The molecule has 0 saturated carbocycles. The van der Waals surface area contributed by atoms with Crippen LogP contribution in [-0.2, 0) is 4.79 Å². The number of hydrogen-bond donors (Lipinski definition) is 1. The molecule has 5 rings (SSSR count). The van der Waals surface area contributed by atoms with Gasteiger partial charge in [0.2, 0.25) is 5.91 Å². The number of hydrogen-bond acceptors (Lipinski definition) is 6. The van der Waals surface area contributed by atoms with Crippen molar-refractivity contribution in [2.75, 3.05) is 42.9 Å².